The largest absolute Gasteiger partial charge is 0.322 e. The molecule has 1 fully saturated rings. The fraction of sp³-hybridized carbons (Fsp3) is 0.667. The molecule has 0 bridgehead atoms. The molecule has 3 unspecified atom stereocenters. The number of aryl methyl sites for hydroxylation is 1. The average molecular weight is 232 g/mol. The second-order valence-electron chi connectivity index (χ2n) is 5.46. The molecule has 1 aromatic heterocycles. The van der Waals surface area contributed by atoms with Gasteiger partial charge in [-0.1, -0.05) is 32.8 Å². The molecule has 2 heteroatoms. The summed E-state index contributed by atoms with van der Waals surface area (Å²) in [4.78, 5) is 4.52. The maximum atomic E-state index is 6.45. The Bertz CT molecular complexity index is 362. The Morgan fingerprint density at radius 3 is 3.00 bits per heavy atom. The summed E-state index contributed by atoms with van der Waals surface area (Å²) in [7, 11) is 0. The van der Waals surface area contributed by atoms with Crippen molar-refractivity contribution in [2.75, 3.05) is 0 Å². The number of pyridine rings is 1. The number of hydrogen-bond donors (Lipinski definition) is 1. The quantitative estimate of drug-likeness (QED) is 0.866. The lowest BCUT2D eigenvalue weighted by molar-refractivity contribution is 0.245. The second kappa shape index (κ2) is 5.63. The summed E-state index contributed by atoms with van der Waals surface area (Å²) in [6, 6.07) is 4.31. The van der Waals surface area contributed by atoms with Crippen molar-refractivity contribution in [1.29, 1.82) is 0 Å². The van der Waals surface area contributed by atoms with Crippen LogP contribution in [0.2, 0.25) is 0 Å². The monoisotopic (exact) mass is 232 g/mol. The smallest absolute Gasteiger partial charge is 0.0605 e. The molecule has 0 aliphatic heterocycles. The predicted molar refractivity (Wildman–Crippen MR) is 71.7 cm³/mol. The third-order valence-electron chi connectivity index (χ3n) is 4.11. The molecule has 2 nitrogen and oxygen atoms in total. The first-order valence-corrected chi connectivity index (χ1v) is 6.91. The van der Waals surface area contributed by atoms with E-state index in [2.05, 4.69) is 24.9 Å². The molecule has 0 radical (unpaired) electrons. The average Bonchev–Trinajstić information content (AvgIpc) is 2.38. The van der Waals surface area contributed by atoms with Crippen molar-refractivity contribution < 1.29 is 0 Å². The van der Waals surface area contributed by atoms with E-state index in [-0.39, 0.29) is 6.04 Å². The predicted octanol–water partition coefficient (Wildman–Crippen LogP) is 3.47. The van der Waals surface area contributed by atoms with E-state index >= 15 is 0 Å². The van der Waals surface area contributed by atoms with E-state index in [9.17, 15) is 0 Å². The third-order valence-corrected chi connectivity index (χ3v) is 4.11. The summed E-state index contributed by atoms with van der Waals surface area (Å²) in [5.41, 5.74) is 8.90. The van der Waals surface area contributed by atoms with E-state index in [1.165, 1.54) is 31.2 Å². The second-order valence-corrected chi connectivity index (χ2v) is 5.46. The summed E-state index contributed by atoms with van der Waals surface area (Å²) in [6.07, 6.45) is 8.13. The lowest BCUT2D eigenvalue weighted by Gasteiger charge is -2.31. The number of rotatable bonds is 3. The zero-order valence-electron chi connectivity index (χ0n) is 11.0. The Balaban J connectivity index is 2.15. The van der Waals surface area contributed by atoms with Gasteiger partial charge in [0.25, 0.3) is 0 Å². The van der Waals surface area contributed by atoms with Crippen LogP contribution >= 0.6 is 0 Å². The third kappa shape index (κ3) is 2.86. The molecule has 94 valence electrons. The lowest BCUT2D eigenvalue weighted by atomic mass is 9.77. The highest BCUT2D eigenvalue weighted by molar-refractivity contribution is 5.23. The number of aromatic nitrogens is 1. The van der Waals surface area contributed by atoms with Crippen LogP contribution in [0.1, 0.15) is 56.8 Å². The highest BCUT2D eigenvalue weighted by Gasteiger charge is 2.27. The van der Waals surface area contributed by atoms with Gasteiger partial charge in [0, 0.05) is 6.20 Å². The zero-order valence-corrected chi connectivity index (χ0v) is 11.0. The molecule has 0 spiro atoms. The van der Waals surface area contributed by atoms with E-state index in [0.29, 0.717) is 5.92 Å². The fourth-order valence-corrected chi connectivity index (χ4v) is 3.08. The van der Waals surface area contributed by atoms with Gasteiger partial charge in [0.15, 0.2) is 0 Å². The molecule has 2 N–H and O–H groups in total. The van der Waals surface area contributed by atoms with Gasteiger partial charge in [0.2, 0.25) is 0 Å². The van der Waals surface area contributed by atoms with Crippen LogP contribution in [0.3, 0.4) is 0 Å². The molecule has 0 aromatic carbocycles. The molecule has 1 aliphatic rings. The Labute approximate surface area is 105 Å². The van der Waals surface area contributed by atoms with Gasteiger partial charge in [-0.05, 0) is 42.7 Å². The SMILES string of the molecule is CCc1cccnc1C(N)C1CCCC(C)C1. The topological polar surface area (TPSA) is 38.9 Å². The molecule has 0 amide bonds. The van der Waals surface area contributed by atoms with Crippen LogP contribution in [0, 0.1) is 11.8 Å². The first-order chi connectivity index (χ1) is 8.22. The van der Waals surface area contributed by atoms with Gasteiger partial charge in [-0.3, -0.25) is 4.98 Å². The molecule has 3 atom stereocenters. The van der Waals surface area contributed by atoms with E-state index in [1.807, 2.05) is 12.3 Å². The van der Waals surface area contributed by atoms with Crippen molar-refractivity contribution in [3.05, 3.63) is 29.6 Å². The number of nitrogens with zero attached hydrogens (tertiary/aromatic N) is 1. The van der Waals surface area contributed by atoms with E-state index in [0.717, 1.165) is 18.0 Å². The van der Waals surface area contributed by atoms with Crippen molar-refractivity contribution in [3.63, 3.8) is 0 Å². The minimum atomic E-state index is 0.133. The highest BCUT2D eigenvalue weighted by Crippen LogP contribution is 2.36. The van der Waals surface area contributed by atoms with Gasteiger partial charge >= 0.3 is 0 Å². The van der Waals surface area contributed by atoms with E-state index in [4.69, 9.17) is 5.73 Å². The molecule has 2 rings (SSSR count). The van der Waals surface area contributed by atoms with Gasteiger partial charge < -0.3 is 5.73 Å². The fourth-order valence-electron chi connectivity index (χ4n) is 3.08. The maximum Gasteiger partial charge on any atom is 0.0605 e. The van der Waals surface area contributed by atoms with Crippen LogP contribution in [0.15, 0.2) is 18.3 Å². The minimum Gasteiger partial charge on any atom is -0.322 e. The van der Waals surface area contributed by atoms with Crippen molar-refractivity contribution in [2.24, 2.45) is 17.6 Å². The molecule has 1 saturated carbocycles. The van der Waals surface area contributed by atoms with Crippen LogP contribution in [-0.2, 0) is 6.42 Å². The first-order valence-electron chi connectivity index (χ1n) is 6.91. The van der Waals surface area contributed by atoms with Gasteiger partial charge in [0.1, 0.15) is 0 Å². The van der Waals surface area contributed by atoms with Crippen LogP contribution in [0.5, 0.6) is 0 Å². The molecular formula is C15H24N2. The van der Waals surface area contributed by atoms with Crippen molar-refractivity contribution >= 4 is 0 Å². The molecule has 17 heavy (non-hydrogen) atoms. The van der Waals surface area contributed by atoms with Crippen molar-refractivity contribution in [2.45, 2.75) is 52.0 Å². The zero-order chi connectivity index (χ0) is 12.3. The molecule has 1 heterocycles. The Morgan fingerprint density at radius 1 is 1.47 bits per heavy atom. The van der Waals surface area contributed by atoms with Gasteiger partial charge in [-0.2, -0.15) is 0 Å². The standard InChI is InChI=1S/C15H24N2/c1-3-12-8-5-9-17-15(12)14(16)13-7-4-6-11(2)10-13/h5,8-9,11,13-14H,3-4,6-7,10,16H2,1-2H3. The van der Waals surface area contributed by atoms with Crippen LogP contribution in [0.25, 0.3) is 0 Å². The van der Waals surface area contributed by atoms with Gasteiger partial charge in [-0.15, -0.1) is 0 Å². The molecular weight excluding hydrogens is 208 g/mol. The number of hydrogen-bond acceptors (Lipinski definition) is 2. The van der Waals surface area contributed by atoms with Crippen LogP contribution in [0.4, 0.5) is 0 Å². The van der Waals surface area contributed by atoms with Gasteiger partial charge in [-0.25, -0.2) is 0 Å². The van der Waals surface area contributed by atoms with Crippen molar-refractivity contribution in [3.8, 4) is 0 Å². The summed E-state index contributed by atoms with van der Waals surface area (Å²) in [5.74, 6) is 1.45. The Kier molecular flexibility index (Phi) is 4.16. The van der Waals surface area contributed by atoms with E-state index in [1.54, 1.807) is 0 Å². The first kappa shape index (κ1) is 12.6. The maximum absolute atomic E-state index is 6.45. The summed E-state index contributed by atoms with van der Waals surface area (Å²) >= 11 is 0. The minimum absolute atomic E-state index is 0.133. The molecule has 1 aliphatic carbocycles. The summed E-state index contributed by atoms with van der Waals surface area (Å²) in [5, 5.41) is 0. The molecule has 1 aromatic rings. The van der Waals surface area contributed by atoms with Crippen LogP contribution < -0.4 is 5.73 Å². The Morgan fingerprint density at radius 2 is 2.29 bits per heavy atom. The summed E-state index contributed by atoms with van der Waals surface area (Å²) < 4.78 is 0. The van der Waals surface area contributed by atoms with Crippen LogP contribution in [-0.4, -0.2) is 4.98 Å². The lowest BCUT2D eigenvalue weighted by Crippen LogP contribution is -2.27. The van der Waals surface area contributed by atoms with Crippen molar-refractivity contribution in [1.82, 2.24) is 4.98 Å². The summed E-state index contributed by atoms with van der Waals surface area (Å²) in [6.45, 7) is 4.52. The van der Waals surface area contributed by atoms with Gasteiger partial charge in [0.05, 0.1) is 11.7 Å². The number of nitrogens with two attached hydrogens (primary N) is 1. The Hall–Kier alpha value is -0.890. The van der Waals surface area contributed by atoms with E-state index < -0.39 is 0 Å². The molecule has 0 saturated heterocycles. The highest BCUT2D eigenvalue weighted by atomic mass is 14.8. The normalized spacial score (nSPS) is 26.8.